The van der Waals surface area contributed by atoms with Crippen LogP contribution in [0, 0.1) is 11.3 Å². The van der Waals surface area contributed by atoms with Crippen LogP contribution in [0.3, 0.4) is 0 Å². The van der Waals surface area contributed by atoms with Crippen molar-refractivity contribution in [3.8, 4) is 11.8 Å². The Balaban J connectivity index is 2.12. The molecule has 6 nitrogen and oxygen atoms in total. The van der Waals surface area contributed by atoms with Crippen LogP contribution in [0.1, 0.15) is 33.8 Å². The van der Waals surface area contributed by atoms with Gasteiger partial charge in [-0.1, -0.05) is 60.1 Å². The van der Waals surface area contributed by atoms with Gasteiger partial charge in [0.2, 0.25) is 0 Å². The molecule has 0 fully saturated rings. The van der Waals surface area contributed by atoms with Crippen LogP contribution in [0.4, 0.5) is 0 Å². The number of nitrogens with zero attached hydrogens (tertiary/aromatic N) is 2. The summed E-state index contributed by atoms with van der Waals surface area (Å²) in [4.78, 5) is 26.9. The summed E-state index contributed by atoms with van der Waals surface area (Å²) in [6.45, 7) is 3.95. The monoisotopic (exact) mass is 495 g/mol. The molecule has 0 heterocycles. The van der Waals surface area contributed by atoms with Gasteiger partial charge in [0.1, 0.15) is 18.1 Å². The minimum atomic E-state index is -0.396. The maximum Gasteiger partial charge on any atom is 0.258 e. The molecule has 0 radical (unpaired) electrons. The molecule has 0 aliphatic rings. The van der Waals surface area contributed by atoms with Crippen molar-refractivity contribution in [3.63, 3.8) is 0 Å². The molecule has 0 spiro atoms. The van der Waals surface area contributed by atoms with E-state index in [0.717, 1.165) is 17.2 Å². The number of nitriles is 1. The molecule has 2 N–H and O–H groups in total. The van der Waals surface area contributed by atoms with Gasteiger partial charge in [0.05, 0.1) is 34.8 Å². The topological polar surface area (TPSA) is 96.4 Å². The lowest BCUT2D eigenvalue weighted by Gasteiger charge is -2.28. The molecule has 8 heteroatoms. The van der Waals surface area contributed by atoms with Crippen LogP contribution in [0.25, 0.3) is 10.8 Å². The molecule has 1 atom stereocenters. The Hall–Kier alpha value is -3.53. The van der Waals surface area contributed by atoms with Crippen LogP contribution >= 0.6 is 23.2 Å². The lowest BCUT2D eigenvalue weighted by atomic mass is 9.94. The van der Waals surface area contributed by atoms with E-state index < -0.39 is 5.91 Å². The number of rotatable bonds is 9. The summed E-state index contributed by atoms with van der Waals surface area (Å²) < 4.78 is 5.51. The van der Waals surface area contributed by atoms with Crippen LogP contribution in [0.2, 0.25) is 10.0 Å². The predicted octanol–water partition coefficient (Wildman–Crippen LogP) is 5.31. The summed E-state index contributed by atoms with van der Waals surface area (Å²) in [5.41, 5.74) is 7.41. The normalized spacial score (nSPS) is 11.5. The molecular weight excluding hydrogens is 473 g/mol. The van der Waals surface area contributed by atoms with E-state index in [1.54, 1.807) is 30.3 Å². The Bertz CT molecular complexity index is 1300. The number of carbonyl (C=O) groups is 2. The van der Waals surface area contributed by atoms with Crippen molar-refractivity contribution >= 4 is 46.2 Å². The average molecular weight is 496 g/mol. The summed E-state index contributed by atoms with van der Waals surface area (Å²) in [6.07, 6.45) is 0.939. The van der Waals surface area contributed by atoms with Crippen LogP contribution in [-0.2, 0) is 4.79 Å². The first-order valence-electron chi connectivity index (χ1n) is 10.4. The highest BCUT2D eigenvalue weighted by Gasteiger charge is 2.27. The molecule has 0 aliphatic heterocycles. The van der Waals surface area contributed by atoms with Crippen molar-refractivity contribution in [2.24, 2.45) is 5.73 Å². The van der Waals surface area contributed by atoms with E-state index in [-0.39, 0.29) is 48.0 Å². The number of ether oxygens (including phenoxy) is 1. The molecule has 1 unspecified atom stereocenters. The van der Waals surface area contributed by atoms with Gasteiger partial charge in [-0.05, 0) is 34.5 Å². The molecule has 34 heavy (non-hydrogen) atoms. The number of amides is 1. The molecule has 0 bridgehead atoms. The molecule has 3 aromatic carbocycles. The Morgan fingerprint density at radius 2 is 1.97 bits per heavy atom. The van der Waals surface area contributed by atoms with Gasteiger partial charge in [-0.2, -0.15) is 5.26 Å². The number of halogens is 2. The third-order valence-corrected chi connectivity index (χ3v) is 6.20. The highest BCUT2D eigenvalue weighted by atomic mass is 35.5. The molecule has 3 rings (SSSR count). The Labute approximate surface area is 208 Å². The van der Waals surface area contributed by atoms with Gasteiger partial charge in [-0.15, -0.1) is 0 Å². The van der Waals surface area contributed by atoms with E-state index >= 15 is 0 Å². The Kier molecular flexibility index (Phi) is 8.17. The smallest absolute Gasteiger partial charge is 0.258 e. The number of hydrogen-bond acceptors (Lipinski definition) is 5. The van der Waals surface area contributed by atoms with E-state index in [0.29, 0.717) is 15.4 Å². The zero-order chi connectivity index (χ0) is 24.8. The summed E-state index contributed by atoms with van der Waals surface area (Å²) >= 11 is 12.2. The summed E-state index contributed by atoms with van der Waals surface area (Å²) in [6, 6.07) is 16.1. The molecule has 0 saturated heterocycles. The second-order valence-corrected chi connectivity index (χ2v) is 8.60. The molecule has 0 aliphatic carbocycles. The summed E-state index contributed by atoms with van der Waals surface area (Å²) in [5, 5.41) is 11.8. The van der Waals surface area contributed by atoms with E-state index in [1.807, 2.05) is 18.2 Å². The van der Waals surface area contributed by atoms with E-state index in [1.165, 1.54) is 12.0 Å². The summed E-state index contributed by atoms with van der Waals surface area (Å²) in [7, 11) is 1.42. The van der Waals surface area contributed by atoms with Crippen LogP contribution in [-0.4, -0.2) is 37.3 Å². The van der Waals surface area contributed by atoms with Gasteiger partial charge in [0.25, 0.3) is 5.91 Å². The van der Waals surface area contributed by atoms with E-state index in [2.05, 4.69) is 12.6 Å². The summed E-state index contributed by atoms with van der Waals surface area (Å²) in [5.74, 6) is -0.583. The molecule has 1 amide bonds. The fraction of sp³-hybridized carbons (Fsp3) is 0.192. The predicted molar refractivity (Wildman–Crippen MR) is 134 cm³/mol. The number of benzene rings is 3. The quantitative estimate of drug-likeness (QED) is 0.405. The average Bonchev–Trinajstić information content (AvgIpc) is 2.82. The molecule has 0 aromatic heterocycles. The second kappa shape index (κ2) is 11.1. The molecular formula is C26H23Cl2N3O3. The van der Waals surface area contributed by atoms with Crippen molar-refractivity contribution in [2.75, 3.05) is 20.2 Å². The molecule has 174 valence electrons. The Morgan fingerprint density at radius 1 is 1.24 bits per heavy atom. The van der Waals surface area contributed by atoms with Crippen molar-refractivity contribution in [3.05, 3.63) is 87.5 Å². The van der Waals surface area contributed by atoms with E-state index in [9.17, 15) is 14.9 Å². The second-order valence-electron chi connectivity index (χ2n) is 7.78. The van der Waals surface area contributed by atoms with Gasteiger partial charge in [0, 0.05) is 24.6 Å². The lowest BCUT2D eigenvalue weighted by molar-refractivity contribution is -0.108. The molecule has 3 aromatic rings. The van der Waals surface area contributed by atoms with Gasteiger partial charge >= 0.3 is 0 Å². The first kappa shape index (κ1) is 25.1. The first-order valence-corrected chi connectivity index (χ1v) is 11.2. The number of nitrogens with two attached hydrogens (primary N) is 1. The Morgan fingerprint density at radius 3 is 2.59 bits per heavy atom. The standard InChI is InChI=1S/C26H23Cl2N3O3/c1-16(30)14-31(15-19(9-10-32)17-7-8-22(27)23(28)12-17)26(33)24-21-6-4-3-5-18(21)11-20(13-29)25(24)34-2/h3-8,10-12,19H,1,9,14-15,30H2,2H3. The number of fused-ring (bicyclic) bond motifs is 1. The number of aldehydes is 1. The maximum absolute atomic E-state index is 13.9. The van der Waals surface area contributed by atoms with Crippen molar-refractivity contribution in [1.82, 2.24) is 4.90 Å². The minimum absolute atomic E-state index is 0.0454. The molecule has 0 saturated carbocycles. The van der Waals surface area contributed by atoms with Gasteiger partial charge < -0.3 is 20.2 Å². The third-order valence-electron chi connectivity index (χ3n) is 5.46. The fourth-order valence-electron chi connectivity index (χ4n) is 3.92. The van der Waals surface area contributed by atoms with Crippen LogP contribution in [0.5, 0.6) is 5.75 Å². The highest BCUT2D eigenvalue weighted by Crippen LogP contribution is 2.34. The highest BCUT2D eigenvalue weighted by molar-refractivity contribution is 6.42. The van der Waals surface area contributed by atoms with Gasteiger partial charge in [-0.25, -0.2) is 0 Å². The lowest BCUT2D eigenvalue weighted by Crippen LogP contribution is -2.38. The SMILES string of the molecule is C=C(N)CN(CC(CC=O)c1ccc(Cl)c(Cl)c1)C(=O)c1c(OC)c(C#N)cc2ccccc12. The van der Waals surface area contributed by atoms with E-state index in [4.69, 9.17) is 33.7 Å². The van der Waals surface area contributed by atoms with Gasteiger partial charge in [-0.3, -0.25) is 4.79 Å². The van der Waals surface area contributed by atoms with Crippen molar-refractivity contribution in [2.45, 2.75) is 12.3 Å². The van der Waals surface area contributed by atoms with Gasteiger partial charge in [0.15, 0.2) is 0 Å². The minimum Gasteiger partial charge on any atom is -0.495 e. The first-order chi connectivity index (χ1) is 16.3. The zero-order valence-electron chi connectivity index (χ0n) is 18.6. The zero-order valence-corrected chi connectivity index (χ0v) is 20.1. The third kappa shape index (κ3) is 5.33. The largest absolute Gasteiger partial charge is 0.495 e. The maximum atomic E-state index is 13.9. The number of methoxy groups -OCH3 is 1. The van der Waals surface area contributed by atoms with Crippen LogP contribution in [0.15, 0.2) is 60.8 Å². The fourth-order valence-corrected chi connectivity index (χ4v) is 4.23. The number of hydrogen-bond donors (Lipinski definition) is 1. The van der Waals surface area contributed by atoms with Crippen LogP contribution < -0.4 is 10.5 Å². The van der Waals surface area contributed by atoms with Crippen molar-refractivity contribution in [1.29, 1.82) is 5.26 Å². The number of carbonyl (C=O) groups excluding carboxylic acids is 2. The van der Waals surface area contributed by atoms with Crippen molar-refractivity contribution < 1.29 is 14.3 Å².